The van der Waals surface area contributed by atoms with Crippen molar-refractivity contribution in [1.29, 1.82) is 5.41 Å². The Kier molecular flexibility index (Phi) is 4.78. The number of benzene rings is 1. The van der Waals surface area contributed by atoms with Crippen LogP contribution in [0.3, 0.4) is 0 Å². The van der Waals surface area contributed by atoms with Gasteiger partial charge in [-0.25, -0.2) is 0 Å². The van der Waals surface area contributed by atoms with E-state index in [4.69, 9.17) is 5.41 Å². The molecule has 6 heteroatoms. The molecule has 2 nitrogen and oxygen atoms in total. The largest absolute Gasteiger partial charge is 0.405 e. The van der Waals surface area contributed by atoms with Gasteiger partial charge in [0.1, 0.15) is 6.54 Å². The van der Waals surface area contributed by atoms with E-state index in [2.05, 4.69) is 21.2 Å². The second-order valence-corrected chi connectivity index (χ2v) is 5.14. The second kappa shape index (κ2) is 5.73. The fourth-order valence-corrected chi connectivity index (χ4v) is 1.77. The molecule has 0 heterocycles. The standard InChI is InChI=1S/C12H14BrF3N2/c1-7(2)11(17)9-4-3-8(13)5-10(9)18-6-12(14,15)16/h3-5,7,17-18H,6H2,1-2H3. The van der Waals surface area contributed by atoms with Crippen molar-refractivity contribution in [2.45, 2.75) is 20.0 Å². The molecule has 0 radical (unpaired) electrons. The summed E-state index contributed by atoms with van der Waals surface area (Å²) in [5.41, 5.74) is 1.13. The van der Waals surface area contributed by atoms with Crippen molar-refractivity contribution in [2.75, 3.05) is 11.9 Å². The van der Waals surface area contributed by atoms with Crippen LogP contribution in [0.25, 0.3) is 0 Å². The van der Waals surface area contributed by atoms with Crippen LogP contribution in [-0.4, -0.2) is 18.4 Å². The van der Waals surface area contributed by atoms with Gasteiger partial charge in [-0.3, -0.25) is 0 Å². The predicted octanol–water partition coefficient (Wildman–Crippen LogP) is 4.45. The molecular formula is C12H14BrF3N2. The Morgan fingerprint density at radius 2 is 2.00 bits per heavy atom. The molecule has 0 aliphatic heterocycles. The van der Waals surface area contributed by atoms with Crippen molar-refractivity contribution in [1.82, 2.24) is 0 Å². The zero-order chi connectivity index (χ0) is 13.9. The topological polar surface area (TPSA) is 35.9 Å². The molecule has 0 bridgehead atoms. The molecule has 0 fully saturated rings. The van der Waals surface area contributed by atoms with Gasteiger partial charge in [0.2, 0.25) is 0 Å². The van der Waals surface area contributed by atoms with E-state index in [1.807, 2.05) is 13.8 Å². The summed E-state index contributed by atoms with van der Waals surface area (Å²) >= 11 is 3.21. The number of hydrogen-bond donors (Lipinski definition) is 2. The van der Waals surface area contributed by atoms with E-state index in [0.717, 1.165) is 0 Å². The molecule has 0 amide bonds. The summed E-state index contributed by atoms with van der Waals surface area (Å²) in [4.78, 5) is 0. The zero-order valence-electron chi connectivity index (χ0n) is 10.0. The second-order valence-electron chi connectivity index (χ2n) is 4.23. The first-order valence-corrected chi connectivity index (χ1v) is 6.19. The van der Waals surface area contributed by atoms with Crippen LogP contribution < -0.4 is 5.32 Å². The highest BCUT2D eigenvalue weighted by Gasteiger charge is 2.27. The minimum Gasteiger partial charge on any atom is -0.376 e. The quantitative estimate of drug-likeness (QED) is 0.789. The molecule has 1 aromatic rings. The average Bonchev–Trinajstić information content (AvgIpc) is 2.24. The number of alkyl halides is 3. The number of anilines is 1. The van der Waals surface area contributed by atoms with E-state index in [0.29, 0.717) is 21.4 Å². The van der Waals surface area contributed by atoms with Gasteiger partial charge in [0, 0.05) is 21.4 Å². The monoisotopic (exact) mass is 322 g/mol. The maximum Gasteiger partial charge on any atom is 0.405 e. The van der Waals surface area contributed by atoms with Gasteiger partial charge in [0.05, 0.1) is 0 Å². The average molecular weight is 323 g/mol. The van der Waals surface area contributed by atoms with Crippen LogP contribution in [0, 0.1) is 11.3 Å². The first-order chi connectivity index (χ1) is 8.20. The summed E-state index contributed by atoms with van der Waals surface area (Å²) in [6.07, 6.45) is -4.28. The number of halogens is 4. The highest BCUT2D eigenvalue weighted by molar-refractivity contribution is 9.10. The Bertz CT molecular complexity index is 441. The molecule has 1 aromatic carbocycles. The van der Waals surface area contributed by atoms with Crippen molar-refractivity contribution in [3.05, 3.63) is 28.2 Å². The van der Waals surface area contributed by atoms with E-state index in [1.54, 1.807) is 18.2 Å². The van der Waals surface area contributed by atoms with Gasteiger partial charge in [0.25, 0.3) is 0 Å². The Labute approximate surface area is 112 Å². The lowest BCUT2D eigenvalue weighted by Crippen LogP contribution is -2.23. The van der Waals surface area contributed by atoms with Gasteiger partial charge in [-0.1, -0.05) is 29.8 Å². The molecule has 2 N–H and O–H groups in total. The van der Waals surface area contributed by atoms with E-state index >= 15 is 0 Å². The molecule has 0 saturated carbocycles. The predicted molar refractivity (Wildman–Crippen MR) is 70.4 cm³/mol. The van der Waals surface area contributed by atoms with Gasteiger partial charge in [-0.15, -0.1) is 0 Å². The minimum atomic E-state index is -4.28. The fraction of sp³-hybridized carbons (Fsp3) is 0.417. The summed E-state index contributed by atoms with van der Waals surface area (Å²) in [6, 6.07) is 4.91. The molecule has 0 aliphatic rings. The third kappa shape index (κ3) is 4.33. The Hall–Kier alpha value is -1.04. The SMILES string of the molecule is CC(C)C(=N)c1ccc(Br)cc1NCC(F)(F)F. The van der Waals surface area contributed by atoms with Crippen molar-refractivity contribution >= 4 is 27.3 Å². The van der Waals surface area contributed by atoms with Crippen molar-refractivity contribution in [3.63, 3.8) is 0 Å². The summed E-state index contributed by atoms with van der Waals surface area (Å²) < 4.78 is 37.3. The molecule has 0 aromatic heterocycles. The summed E-state index contributed by atoms with van der Waals surface area (Å²) in [5, 5.41) is 10.2. The smallest absolute Gasteiger partial charge is 0.376 e. The van der Waals surface area contributed by atoms with Crippen molar-refractivity contribution < 1.29 is 13.2 Å². The third-order valence-corrected chi connectivity index (χ3v) is 2.82. The van der Waals surface area contributed by atoms with E-state index in [-0.39, 0.29) is 5.92 Å². The van der Waals surface area contributed by atoms with Crippen LogP contribution >= 0.6 is 15.9 Å². The molecule has 0 unspecified atom stereocenters. The van der Waals surface area contributed by atoms with Gasteiger partial charge in [-0.05, 0) is 24.1 Å². The Balaban J connectivity index is 3.01. The first kappa shape index (κ1) is 15.0. The minimum absolute atomic E-state index is 0.0439. The molecule has 0 saturated heterocycles. The lowest BCUT2D eigenvalue weighted by atomic mass is 9.98. The number of rotatable bonds is 4. The van der Waals surface area contributed by atoms with Gasteiger partial charge < -0.3 is 10.7 Å². The summed E-state index contributed by atoms with van der Waals surface area (Å²) in [7, 11) is 0. The maximum absolute atomic E-state index is 12.2. The van der Waals surface area contributed by atoms with E-state index < -0.39 is 12.7 Å². The normalized spacial score (nSPS) is 11.7. The van der Waals surface area contributed by atoms with E-state index in [1.165, 1.54) is 0 Å². The molecule has 1 rings (SSSR count). The molecule has 0 atom stereocenters. The van der Waals surface area contributed by atoms with Crippen LogP contribution in [0.5, 0.6) is 0 Å². The Morgan fingerprint density at radius 3 is 2.50 bits per heavy atom. The number of hydrogen-bond acceptors (Lipinski definition) is 2. The van der Waals surface area contributed by atoms with Crippen LogP contribution in [0.4, 0.5) is 18.9 Å². The summed E-state index contributed by atoms with van der Waals surface area (Å²) in [5.74, 6) is -0.0439. The lowest BCUT2D eigenvalue weighted by Gasteiger charge is -2.16. The highest BCUT2D eigenvalue weighted by Crippen LogP contribution is 2.25. The molecule has 100 valence electrons. The lowest BCUT2D eigenvalue weighted by molar-refractivity contribution is -0.115. The van der Waals surface area contributed by atoms with Gasteiger partial charge >= 0.3 is 6.18 Å². The fourth-order valence-electron chi connectivity index (χ4n) is 1.40. The molecule has 0 aliphatic carbocycles. The number of nitrogens with one attached hydrogen (secondary N) is 2. The molecule has 0 spiro atoms. The molecular weight excluding hydrogens is 309 g/mol. The van der Waals surface area contributed by atoms with Crippen LogP contribution in [0.2, 0.25) is 0 Å². The highest BCUT2D eigenvalue weighted by atomic mass is 79.9. The first-order valence-electron chi connectivity index (χ1n) is 5.39. The van der Waals surface area contributed by atoms with Crippen molar-refractivity contribution in [3.8, 4) is 0 Å². The van der Waals surface area contributed by atoms with E-state index in [9.17, 15) is 13.2 Å². The van der Waals surface area contributed by atoms with Gasteiger partial charge in [0.15, 0.2) is 0 Å². The van der Waals surface area contributed by atoms with Crippen molar-refractivity contribution in [2.24, 2.45) is 5.92 Å². The Morgan fingerprint density at radius 1 is 1.39 bits per heavy atom. The van der Waals surface area contributed by atoms with Crippen LogP contribution in [-0.2, 0) is 0 Å². The van der Waals surface area contributed by atoms with Crippen LogP contribution in [0.15, 0.2) is 22.7 Å². The summed E-state index contributed by atoms with van der Waals surface area (Å²) in [6.45, 7) is 2.55. The maximum atomic E-state index is 12.2. The van der Waals surface area contributed by atoms with Crippen LogP contribution in [0.1, 0.15) is 19.4 Å². The van der Waals surface area contributed by atoms with Gasteiger partial charge in [-0.2, -0.15) is 13.2 Å². The third-order valence-electron chi connectivity index (χ3n) is 2.33. The molecule has 18 heavy (non-hydrogen) atoms. The zero-order valence-corrected chi connectivity index (χ0v) is 11.6.